The minimum absolute atomic E-state index is 0.0914. The zero-order valence-electron chi connectivity index (χ0n) is 18.6. The van der Waals surface area contributed by atoms with E-state index in [0.717, 1.165) is 66.5 Å². The van der Waals surface area contributed by atoms with Gasteiger partial charge >= 0.3 is 0 Å². The van der Waals surface area contributed by atoms with E-state index >= 15 is 0 Å². The lowest BCUT2D eigenvalue weighted by Gasteiger charge is -2.51. The fraction of sp³-hybridized carbons (Fsp3) is 0.440. The van der Waals surface area contributed by atoms with E-state index in [2.05, 4.69) is 46.5 Å². The second-order valence-electron chi connectivity index (χ2n) is 8.50. The number of benzene rings is 2. The third kappa shape index (κ3) is 3.44. The highest BCUT2D eigenvalue weighted by Gasteiger charge is 2.52. The summed E-state index contributed by atoms with van der Waals surface area (Å²) in [6.07, 6.45) is 5.37. The van der Waals surface area contributed by atoms with Crippen LogP contribution in [0.3, 0.4) is 0 Å². The number of para-hydroxylation sites is 1. The predicted octanol–water partition coefficient (Wildman–Crippen LogP) is 4.20. The van der Waals surface area contributed by atoms with Gasteiger partial charge in [-0.15, -0.1) is 0 Å². The number of nitrogens with one attached hydrogen (secondary N) is 1. The molecule has 0 saturated carbocycles. The zero-order valence-corrected chi connectivity index (χ0v) is 18.6. The van der Waals surface area contributed by atoms with Crippen molar-refractivity contribution in [1.82, 2.24) is 15.3 Å². The molecule has 0 amide bonds. The molecule has 0 bridgehead atoms. The van der Waals surface area contributed by atoms with Crippen molar-refractivity contribution in [2.45, 2.75) is 38.0 Å². The molecule has 6 nitrogen and oxygen atoms in total. The number of likely N-dealkylation sites (tertiary alicyclic amines) is 1. The van der Waals surface area contributed by atoms with Crippen molar-refractivity contribution in [3.63, 3.8) is 0 Å². The molecule has 2 aromatic carbocycles. The van der Waals surface area contributed by atoms with Gasteiger partial charge < -0.3 is 24.5 Å². The van der Waals surface area contributed by atoms with E-state index in [0.29, 0.717) is 0 Å². The van der Waals surface area contributed by atoms with Crippen LogP contribution in [0.4, 0.5) is 0 Å². The third-order valence-electron chi connectivity index (χ3n) is 6.70. The average molecular weight is 422 g/mol. The number of ether oxygens (including phenoxy) is 3. The van der Waals surface area contributed by atoms with E-state index in [1.165, 1.54) is 6.42 Å². The Morgan fingerprint density at radius 2 is 1.84 bits per heavy atom. The predicted molar refractivity (Wildman–Crippen MR) is 121 cm³/mol. The first-order valence-corrected chi connectivity index (χ1v) is 11.2. The molecule has 0 aromatic heterocycles. The molecule has 6 heteroatoms. The largest absolute Gasteiger partial charge is 0.497 e. The van der Waals surface area contributed by atoms with Crippen LogP contribution in [0.1, 0.15) is 43.4 Å². The number of nitrogens with zero attached hydrogens (tertiary/aromatic N) is 2. The smallest absolute Gasteiger partial charge is 0.183 e. The first kappa shape index (κ1) is 20.2. The molecule has 1 saturated heterocycles. The summed E-state index contributed by atoms with van der Waals surface area (Å²) in [6.45, 7) is 5.44. The molecule has 0 aliphatic carbocycles. The minimum Gasteiger partial charge on any atom is -0.497 e. The fourth-order valence-electron chi connectivity index (χ4n) is 5.04. The van der Waals surface area contributed by atoms with Gasteiger partial charge in [-0.25, -0.2) is 0 Å². The molecular weight excluding hydrogens is 390 g/mol. The molecule has 1 N–H and O–H groups in total. The highest BCUT2D eigenvalue weighted by molar-refractivity contribution is 5.68. The Bertz CT molecular complexity index is 964. The first-order valence-electron chi connectivity index (χ1n) is 11.2. The van der Waals surface area contributed by atoms with Crippen LogP contribution < -0.4 is 19.6 Å². The van der Waals surface area contributed by atoms with Crippen LogP contribution in [-0.2, 0) is 0 Å². The number of methoxy groups -OCH3 is 2. The molecular formula is C25H31N3O3. The highest BCUT2D eigenvalue weighted by Crippen LogP contribution is 2.51. The first-order chi connectivity index (χ1) is 15.2. The van der Waals surface area contributed by atoms with E-state index in [1.807, 2.05) is 24.3 Å². The second-order valence-corrected chi connectivity index (χ2v) is 8.50. The Labute approximate surface area is 184 Å². The summed E-state index contributed by atoms with van der Waals surface area (Å²) >= 11 is 0. The molecule has 3 aliphatic heterocycles. The topological polar surface area (TPSA) is 46.2 Å². The van der Waals surface area contributed by atoms with Crippen LogP contribution in [0.2, 0.25) is 0 Å². The van der Waals surface area contributed by atoms with Gasteiger partial charge in [0.25, 0.3) is 0 Å². The van der Waals surface area contributed by atoms with Crippen molar-refractivity contribution in [2.24, 2.45) is 0 Å². The fourth-order valence-corrected chi connectivity index (χ4v) is 5.04. The van der Waals surface area contributed by atoms with Crippen molar-refractivity contribution in [2.75, 3.05) is 33.9 Å². The maximum atomic E-state index is 6.80. The van der Waals surface area contributed by atoms with Crippen LogP contribution >= 0.6 is 0 Å². The van der Waals surface area contributed by atoms with Crippen LogP contribution in [0, 0.1) is 0 Å². The van der Waals surface area contributed by atoms with E-state index in [-0.39, 0.29) is 6.04 Å². The van der Waals surface area contributed by atoms with Crippen molar-refractivity contribution < 1.29 is 14.2 Å². The lowest BCUT2D eigenvalue weighted by molar-refractivity contribution is -0.160. The van der Waals surface area contributed by atoms with Crippen LogP contribution in [0.15, 0.2) is 48.5 Å². The van der Waals surface area contributed by atoms with Gasteiger partial charge in [0, 0.05) is 31.5 Å². The van der Waals surface area contributed by atoms with E-state index in [1.54, 1.807) is 14.2 Å². The SMILES string of the molecule is CCCN1CCC2(CC1)Oc1c(OC)cccc1[C@@H]1C=C(c3ccc(OC)cc3)NN12. The Kier molecular flexibility index (Phi) is 5.28. The molecule has 3 heterocycles. The normalized spacial score (nSPS) is 22.2. The van der Waals surface area contributed by atoms with Gasteiger partial charge in [0.1, 0.15) is 5.75 Å². The monoisotopic (exact) mass is 421 g/mol. The molecule has 31 heavy (non-hydrogen) atoms. The molecule has 0 unspecified atom stereocenters. The molecule has 3 aliphatic rings. The maximum Gasteiger partial charge on any atom is 0.183 e. The molecule has 2 aromatic rings. The molecule has 164 valence electrons. The van der Waals surface area contributed by atoms with E-state index < -0.39 is 5.72 Å². The minimum atomic E-state index is -0.402. The second kappa shape index (κ2) is 8.09. The van der Waals surface area contributed by atoms with Gasteiger partial charge in [-0.2, -0.15) is 5.01 Å². The molecule has 1 atom stereocenters. The van der Waals surface area contributed by atoms with Gasteiger partial charge in [0.15, 0.2) is 17.2 Å². The van der Waals surface area contributed by atoms with Crippen molar-refractivity contribution in [3.8, 4) is 17.2 Å². The number of hydrazine groups is 1. The van der Waals surface area contributed by atoms with Crippen molar-refractivity contribution >= 4 is 5.70 Å². The number of hydrogen-bond donors (Lipinski definition) is 1. The van der Waals surface area contributed by atoms with Gasteiger partial charge in [0.2, 0.25) is 0 Å². The Balaban J connectivity index is 1.52. The maximum absolute atomic E-state index is 6.80. The summed E-state index contributed by atoms with van der Waals surface area (Å²) in [7, 11) is 3.41. The Hall–Kier alpha value is -2.70. The molecule has 5 rings (SSSR count). The standard InChI is InChI=1S/C25H31N3O3/c1-4-14-27-15-12-25(13-16-27)28-22(20-6-5-7-23(30-3)24(20)31-25)17-21(26-28)18-8-10-19(29-2)11-9-18/h5-11,17,22,26H,4,12-16H2,1-3H3/t22-/m0/s1. The van der Waals surface area contributed by atoms with Crippen LogP contribution in [0.25, 0.3) is 5.70 Å². The summed E-state index contributed by atoms with van der Waals surface area (Å²) in [4.78, 5) is 2.54. The van der Waals surface area contributed by atoms with E-state index in [4.69, 9.17) is 14.2 Å². The number of hydrogen-bond acceptors (Lipinski definition) is 6. The van der Waals surface area contributed by atoms with Gasteiger partial charge in [-0.3, -0.25) is 0 Å². The third-order valence-corrected chi connectivity index (χ3v) is 6.70. The van der Waals surface area contributed by atoms with Crippen molar-refractivity contribution in [3.05, 3.63) is 59.7 Å². The number of rotatable bonds is 5. The van der Waals surface area contributed by atoms with Crippen molar-refractivity contribution in [1.29, 1.82) is 0 Å². The van der Waals surface area contributed by atoms with Crippen LogP contribution in [0.5, 0.6) is 17.2 Å². The highest BCUT2D eigenvalue weighted by atomic mass is 16.5. The van der Waals surface area contributed by atoms with E-state index in [9.17, 15) is 0 Å². The van der Waals surface area contributed by atoms with Gasteiger partial charge in [-0.1, -0.05) is 19.1 Å². The Morgan fingerprint density at radius 3 is 2.52 bits per heavy atom. The summed E-state index contributed by atoms with van der Waals surface area (Å²) in [5, 5.41) is 2.33. The number of fused-ring (bicyclic) bond motifs is 4. The molecule has 0 radical (unpaired) electrons. The average Bonchev–Trinajstić information content (AvgIpc) is 3.27. The lowest BCUT2D eigenvalue weighted by atomic mass is 9.92. The summed E-state index contributed by atoms with van der Waals surface area (Å²) in [6, 6.07) is 14.5. The number of piperidine rings is 1. The quantitative estimate of drug-likeness (QED) is 0.781. The lowest BCUT2D eigenvalue weighted by Crippen LogP contribution is -2.63. The zero-order chi connectivity index (χ0) is 21.4. The summed E-state index contributed by atoms with van der Waals surface area (Å²) in [5.74, 6) is 2.54. The summed E-state index contributed by atoms with van der Waals surface area (Å²) < 4.78 is 17.8. The van der Waals surface area contributed by atoms with Gasteiger partial charge in [0.05, 0.1) is 26.0 Å². The molecule has 1 spiro atoms. The summed E-state index contributed by atoms with van der Waals surface area (Å²) in [5.41, 5.74) is 6.67. The van der Waals surface area contributed by atoms with Crippen LogP contribution in [-0.4, -0.2) is 49.5 Å². The Morgan fingerprint density at radius 1 is 1.06 bits per heavy atom. The van der Waals surface area contributed by atoms with Gasteiger partial charge in [-0.05, 0) is 54.9 Å². The molecule has 1 fully saturated rings.